The highest BCUT2D eigenvalue weighted by atomic mass is 16.5. The van der Waals surface area contributed by atoms with Crippen molar-refractivity contribution < 1.29 is 14.3 Å². The molecular weight excluding hydrogens is 356 g/mol. The van der Waals surface area contributed by atoms with Crippen molar-refractivity contribution >= 4 is 16.8 Å². The summed E-state index contributed by atoms with van der Waals surface area (Å²) in [6.07, 6.45) is 4.54. The fourth-order valence-corrected chi connectivity index (χ4v) is 3.35. The Morgan fingerprint density at radius 3 is 3.00 bits per heavy atom. The molecule has 0 radical (unpaired) electrons. The third kappa shape index (κ3) is 3.99. The standard InChI is InChI=1S/C21H24N4O3/c1-13(2)28-17-7-16(10-22-11-17)15-3-4-19-18(8-15)20(25-24-19)21(26)23-9-14-5-6-27-12-14/h3-4,7-8,10-11,13-14H,5-6,9,12H2,1-2H3,(H,23,26)(H,24,25). The van der Waals surface area contributed by atoms with Gasteiger partial charge >= 0.3 is 0 Å². The normalized spacial score (nSPS) is 16.6. The first-order valence-corrected chi connectivity index (χ1v) is 9.56. The number of aromatic amines is 1. The summed E-state index contributed by atoms with van der Waals surface area (Å²) in [5, 5.41) is 10.9. The average Bonchev–Trinajstić information content (AvgIpc) is 3.35. The van der Waals surface area contributed by atoms with Crippen molar-refractivity contribution in [2.75, 3.05) is 19.8 Å². The molecule has 1 saturated heterocycles. The van der Waals surface area contributed by atoms with Gasteiger partial charge in [0.05, 0.1) is 24.4 Å². The van der Waals surface area contributed by atoms with Crippen molar-refractivity contribution in [1.29, 1.82) is 0 Å². The van der Waals surface area contributed by atoms with Crippen LogP contribution < -0.4 is 10.1 Å². The molecule has 0 saturated carbocycles. The molecule has 1 aliphatic heterocycles. The third-order valence-electron chi connectivity index (χ3n) is 4.77. The largest absolute Gasteiger partial charge is 0.489 e. The number of fused-ring (bicyclic) bond motifs is 1. The molecule has 0 spiro atoms. The number of aromatic nitrogens is 3. The van der Waals surface area contributed by atoms with E-state index >= 15 is 0 Å². The van der Waals surface area contributed by atoms with E-state index in [0.29, 0.717) is 24.8 Å². The summed E-state index contributed by atoms with van der Waals surface area (Å²) in [6.45, 7) is 6.03. The van der Waals surface area contributed by atoms with Crippen LogP contribution in [-0.2, 0) is 4.74 Å². The lowest BCUT2D eigenvalue weighted by Crippen LogP contribution is -2.29. The minimum atomic E-state index is -0.176. The fourth-order valence-electron chi connectivity index (χ4n) is 3.35. The predicted molar refractivity (Wildman–Crippen MR) is 106 cm³/mol. The Labute approximate surface area is 163 Å². The number of carbonyl (C=O) groups excluding carboxylic acids is 1. The van der Waals surface area contributed by atoms with E-state index in [9.17, 15) is 4.79 Å². The van der Waals surface area contributed by atoms with Gasteiger partial charge in [-0.3, -0.25) is 14.9 Å². The van der Waals surface area contributed by atoms with Crippen LogP contribution in [0.5, 0.6) is 5.75 Å². The van der Waals surface area contributed by atoms with E-state index < -0.39 is 0 Å². The molecule has 7 heteroatoms. The van der Waals surface area contributed by atoms with Gasteiger partial charge in [-0.1, -0.05) is 6.07 Å². The Hall–Kier alpha value is -2.93. The Balaban J connectivity index is 1.58. The van der Waals surface area contributed by atoms with Gasteiger partial charge < -0.3 is 14.8 Å². The number of H-pyrrole nitrogens is 1. The first-order chi connectivity index (χ1) is 13.6. The lowest BCUT2D eigenvalue weighted by atomic mass is 10.0. The highest BCUT2D eigenvalue weighted by Gasteiger charge is 2.19. The molecule has 4 rings (SSSR count). The number of amides is 1. The van der Waals surface area contributed by atoms with Crippen LogP contribution in [0.2, 0.25) is 0 Å². The lowest BCUT2D eigenvalue weighted by Gasteiger charge is -2.10. The van der Waals surface area contributed by atoms with E-state index in [1.165, 1.54) is 0 Å². The summed E-state index contributed by atoms with van der Waals surface area (Å²) < 4.78 is 11.1. The summed E-state index contributed by atoms with van der Waals surface area (Å²) in [5.41, 5.74) is 3.10. The van der Waals surface area contributed by atoms with E-state index in [1.807, 2.05) is 38.1 Å². The predicted octanol–water partition coefficient (Wildman–Crippen LogP) is 3.18. The second-order valence-electron chi connectivity index (χ2n) is 7.35. The smallest absolute Gasteiger partial charge is 0.272 e. The number of hydrogen-bond acceptors (Lipinski definition) is 5. The van der Waals surface area contributed by atoms with Gasteiger partial charge in [-0.05, 0) is 44.0 Å². The zero-order chi connectivity index (χ0) is 19.5. The molecule has 1 aromatic carbocycles. The highest BCUT2D eigenvalue weighted by Crippen LogP contribution is 2.27. The summed E-state index contributed by atoms with van der Waals surface area (Å²) in [6, 6.07) is 7.82. The van der Waals surface area contributed by atoms with Gasteiger partial charge in [-0.2, -0.15) is 5.10 Å². The topological polar surface area (TPSA) is 89.1 Å². The monoisotopic (exact) mass is 380 g/mol. The molecule has 3 aromatic rings. The van der Waals surface area contributed by atoms with Crippen molar-refractivity contribution in [1.82, 2.24) is 20.5 Å². The van der Waals surface area contributed by atoms with Gasteiger partial charge in [-0.25, -0.2) is 0 Å². The zero-order valence-corrected chi connectivity index (χ0v) is 16.1. The van der Waals surface area contributed by atoms with E-state index in [0.717, 1.165) is 40.8 Å². The molecule has 2 aromatic heterocycles. The van der Waals surface area contributed by atoms with E-state index in [2.05, 4.69) is 20.5 Å². The summed E-state index contributed by atoms with van der Waals surface area (Å²) in [7, 11) is 0. The van der Waals surface area contributed by atoms with Crippen molar-refractivity contribution in [3.8, 4) is 16.9 Å². The fraction of sp³-hybridized carbons (Fsp3) is 0.381. The van der Waals surface area contributed by atoms with Gasteiger partial charge in [0.15, 0.2) is 5.69 Å². The van der Waals surface area contributed by atoms with Crippen molar-refractivity contribution in [3.63, 3.8) is 0 Å². The molecule has 3 heterocycles. The number of nitrogens with one attached hydrogen (secondary N) is 2. The minimum absolute atomic E-state index is 0.0777. The van der Waals surface area contributed by atoms with Gasteiger partial charge in [0, 0.05) is 36.2 Å². The molecule has 1 aliphatic rings. The van der Waals surface area contributed by atoms with Gasteiger partial charge in [0.25, 0.3) is 5.91 Å². The molecule has 2 N–H and O–H groups in total. The second-order valence-corrected chi connectivity index (χ2v) is 7.35. The minimum Gasteiger partial charge on any atom is -0.489 e. The first kappa shape index (κ1) is 18.4. The van der Waals surface area contributed by atoms with Crippen molar-refractivity contribution in [2.24, 2.45) is 5.92 Å². The molecule has 0 aliphatic carbocycles. The Morgan fingerprint density at radius 1 is 1.32 bits per heavy atom. The summed E-state index contributed by atoms with van der Waals surface area (Å²) in [5.74, 6) is 0.918. The SMILES string of the molecule is CC(C)Oc1cncc(-c2ccc3[nH]nc(C(=O)NCC4CCOC4)c3c2)c1. The maximum atomic E-state index is 12.6. The highest BCUT2D eigenvalue weighted by molar-refractivity contribution is 6.05. The number of benzene rings is 1. The van der Waals surface area contributed by atoms with Crippen molar-refractivity contribution in [3.05, 3.63) is 42.4 Å². The quantitative estimate of drug-likeness (QED) is 0.686. The van der Waals surface area contributed by atoms with Gasteiger partial charge in [0.2, 0.25) is 0 Å². The number of nitrogens with zero attached hydrogens (tertiary/aromatic N) is 2. The third-order valence-corrected chi connectivity index (χ3v) is 4.77. The molecular formula is C21H24N4O3. The van der Waals surface area contributed by atoms with Crippen LogP contribution in [0.3, 0.4) is 0 Å². The zero-order valence-electron chi connectivity index (χ0n) is 16.1. The van der Waals surface area contributed by atoms with Crippen LogP contribution >= 0.6 is 0 Å². The van der Waals surface area contributed by atoms with Crippen LogP contribution in [0.25, 0.3) is 22.0 Å². The molecule has 28 heavy (non-hydrogen) atoms. The van der Waals surface area contributed by atoms with E-state index in [1.54, 1.807) is 12.4 Å². The molecule has 7 nitrogen and oxygen atoms in total. The maximum Gasteiger partial charge on any atom is 0.272 e. The molecule has 1 unspecified atom stereocenters. The summed E-state index contributed by atoms with van der Waals surface area (Å²) in [4.78, 5) is 16.9. The van der Waals surface area contributed by atoms with Crippen molar-refractivity contribution in [2.45, 2.75) is 26.4 Å². The number of hydrogen-bond donors (Lipinski definition) is 2. The summed E-state index contributed by atoms with van der Waals surface area (Å²) >= 11 is 0. The van der Waals surface area contributed by atoms with Crippen LogP contribution in [0, 0.1) is 5.92 Å². The molecule has 0 bridgehead atoms. The number of ether oxygens (including phenoxy) is 2. The second kappa shape index (κ2) is 7.98. The molecule has 1 fully saturated rings. The van der Waals surface area contributed by atoms with Crippen LogP contribution in [0.4, 0.5) is 0 Å². The van der Waals surface area contributed by atoms with Crippen LogP contribution in [0.1, 0.15) is 30.8 Å². The van der Waals surface area contributed by atoms with Crippen LogP contribution in [0.15, 0.2) is 36.7 Å². The number of rotatable bonds is 6. The number of carbonyl (C=O) groups is 1. The van der Waals surface area contributed by atoms with E-state index in [-0.39, 0.29) is 12.0 Å². The Kier molecular flexibility index (Phi) is 5.25. The number of pyridine rings is 1. The lowest BCUT2D eigenvalue weighted by molar-refractivity contribution is 0.0941. The Morgan fingerprint density at radius 2 is 2.21 bits per heavy atom. The average molecular weight is 380 g/mol. The Bertz CT molecular complexity index is 977. The van der Waals surface area contributed by atoms with E-state index in [4.69, 9.17) is 9.47 Å². The van der Waals surface area contributed by atoms with Gasteiger partial charge in [0.1, 0.15) is 5.75 Å². The van der Waals surface area contributed by atoms with Gasteiger partial charge in [-0.15, -0.1) is 0 Å². The molecule has 1 atom stereocenters. The maximum absolute atomic E-state index is 12.6. The molecule has 1 amide bonds. The van der Waals surface area contributed by atoms with Crippen LogP contribution in [-0.4, -0.2) is 47.0 Å². The first-order valence-electron chi connectivity index (χ1n) is 9.56. The molecule has 146 valence electrons.